The van der Waals surface area contributed by atoms with Crippen molar-refractivity contribution in [3.05, 3.63) is 0 Å². The van der Waals surface area contributed by atoms with Gasteiger partial charge in [0.05, 0.1) is 0 Å². The number of unbranched alkanes of at least 4 members (excludes halogenated alkanes) is 2. The summed E-state index contributed by atoms with van der Waals surface area (Å²) in [6.07, 6.45) is 4.83. The summed E-state index contributed by atoms with van der Waals surface area (Å²) in [5.41, 5.74) is 0. The highest BCUT2D eigenvalue weighted by Crippen LogP contribution is 2.03. The monoisotopic (exact) mass is 185 g/mol. The van der Waals surface area contributed by atoms with E-state index in [0.29, 0.717) is 6.04 Å². The van der Waals surface area contributed by atoms with Crippen LogP contribution in [0.1, 0.15) is 53.4 Å². The van der Waals surface area contributed by atoms with Crippen molar-refractivity contribution < 1.29 is 4.79 Å². The van der Waals surface area contributed by atoms with Gasteiger partial charge in [-0.25, -0.2) is 0 Å². The van der Waals surface area contributed by atoms with Gasteiger partial charge >= 0.3 is 0 Å². The molecule has 0 aromatic rings. The average molecular weight is 185 g/mol. The minimum Gasteiger partial charge on any atom is -0.353 e. The fourth-order valence-electron chi connectivity index (χ4n) is 1.18. The van der Waals surface area contributed by atoms with Crippen LogP contribution in [0.4, 0.5) is 0 Å². The van der Waals surface area contributed by atoms with E-state index in [1.165, 1.54) is 19.3 Å². The van der Waals surface area contributed by atoms with Crippen LogP contribution in [0, 0.1) is 5.92 Å². The SMILES string of the molecule is CCCCCC(C)NC(=O)C(C)C. The van der Waals surface area contributed by atoms with Crippen molar-refractivity contribution in [2.24, 2.45) is 5.92 Å². The highest BCUT2D eigenvalue weighted by molar-refractivity contribution is 5.78. The van der Waals surface area contributed by atoms with Crippen molar-refractivity contribution in [2.75, 3.05) is 0 Å². The second-order valence-corrected chi connectivity index (χ2v) is 4.06. The molecule has 2 heteroatoms. The van der Waals surface area contributed by atoms with Gasteiger partial charge in [-0.05, 0) is 13.3 Å². The van der Waals surface area contributed by atoms with Gasteiger partial charge in [-0.1, -0.05) is 40.0 Å². The van der Waals surface area contributed by atoms with E-state index < -0.39 is 0 Å². The second-order valence-electron chi connectivity index (χ2n) is 4.06. The van der Waals surface area contributed by atoms with Gasteiger partial charge in [0.1, 0.15) is 0 Å². The van der Waals surface area contributed by atoms with Crippen LogP contribution in [0.5, 0.6) is 0 Å². The Hall–Kier alpha value is -0.530. The number of hydrogen-bond acceptors (Lipinski definition) is 1. The van der Waals surface area contributed by atoms with Crippen molar-refractivity contribution in [2.45, 2.75) is 59.4 Å². The summed E-state index contributed by atoms with van der Waals surface area (Å²) < 4.78 is 0. The Bertz CT molecular complexity index is 143. The fraction of sp³-hybridized carbons (Fsp3) is 0.909. The lowest BCUT2D eigenvalue weighted by atomic mass is 10.1. The predicted octanol–water partition coefficient (Wildman–Crippen LogP) is 2.73. The molecule has 0 bridgehead atoms. The van der Waals surface area contributed by atoms with Gasteiger partial charge in [-0.2, -0.15) is 0 Å². The molecule has 2 nitrogen and oxygen atoms in total. The Labute approximate surface area is 82.1 Å². The summed E-state index contributed by atoms with van der Waals surface area (Å²) in [5, 5.41) is 3.00. The molecule has 0 rings (SSSR count). The van der Waals surface area contributed by atoms with Crippen LogP contribution < -0.4 is 5.32 Å². The van der Waals surface area contributed by atoms with E-state index in [-0.39, 0.29) is 11.8 Å². The lowest BCUT2D eigenvalue weighted by Gasteiger charge is -2.15. The summed E-state index contributed by atoms with van der Waals surface area (Å²) in [7, 11) is 0. The van der Waals surface area contributed by atoms with Crippen molar-refractivity contribution in [3.8, 4) is 0 Å². The first-order valence-corrected chi connectivity index (χ1v) is 5.38. The predicted molar refractivity (Wildman–Crippen MR) is 56.6 cm³/mol. The maximum absolute atomic E-state index is 11.3. The number of hydrogen-bond donors (Lipinski definition) is 1. The molecule has 13 heavy (non-hydrogen) atoms. The molecule has 0 aromatic heterocycles. The van der Waals surface area contributed by atoms with Gasteiger partial charge in [0.2, 0.25) is 5.91 Å². The third-order valence-corrected chi connectivity index (χ3v) is 2.15. The Morgan fingerprint density at radius 2 is 1.85 bits per heavy atom. The zero-order valence-corrected chi connectivity index (χ0v) is 9.39. The molecule has 0 aliphatic heterocycles. The zero-order chi connectivity index (χ0) is 10.3. The lowest BCUT2D eigenvalue weighted by Crippen LogP contribution is -2.35. The van der Waals surface area contributed by atoms with E-state index in [1.54, 1.807) is 0 Å². The summed E-state index contributed by atoms with van der Waals surface area (Å²) in [5.74, 6) is 0.276. The maximum Gasteiger partial charge on any atom is 0.222 e. The fourth-order valence-corrected chi connectivity index (χ4v) is 1.18. The Morgan fingerprint density at radius 3 is 2.31 bits per heavy atom. The largest absolute Gasteiger partial charge is 0.353 e. The first-order chi connectivity index (χ1) is 6.07. The number of rotatable bonds is 6. The van der Waals surface area contributed by atoms with Crippen LogP contribution in [0.3, 0.4) is 0 Å². The molecular weight excluding hydrogens is 162 g/mol. The van der Waals surface area contributed by atoms with Crippen LogP contribution in [0.25, 0.3) is 0 Å². The summed E-state index contributed by atoms with van der Waals surface area (Å²) >= 11 is 0. The van der Waals surface area contributed by atoms with Crippen molar-refractivity contribution >= 4 is 5.91 Å². The van der Waals surface area contributed by atoms with E-state index >= 15 is 0 Å². The van der Waals surface area contributed by atoms with E-state index in [0.717, 1.165) is 6.42 Å². The van der Waals surface area contributed by atoms with E-state index in [1.807, 2.05) is 13.8 Å². The molecule has 1 amide bonds. The highest BCUT2D eigenvalue weighted by atomic mass is 16.1. The Kier molecular flexibility index (Phi) is 6.65. The van der Waals surface area contributed by atoms with Gasteiger partial charge in [0, 0.05) is 12.0 Å². The summed E-state index contributed by atoms with van der Waals surface area (Å²) in [6.45, 7) is 8.12. The van der Waals surface area contributed by atoms with Gasteiger partial charge in [-0.15, -0.1) is 0 Å². The minimum atomic E-state index is 0.105. The van der Waals surface area contributed by atoms with Crippen LogP contribution in [-0.4, -0.2) is 11.9 Å². The van der Waals surface area contributed by atoms with Crippen LogP contribution >= 0.6 is 0 Å². The van der Waals surface area contributed by atoms with Crippen LogP contribution in [0.15, 0.2) is 0 Å². The first-order valence-electron chi connectivity index (χ1n) is 5.38. The van der Waals surface area contributed by atoms with E-state index in [9.17, 15) is 4.79 Å². The van der Waals surface area contributed by atoms with Crippen molar-refractivity contribution in [1.29, 1.82) is 0 Å². The molecule has 0 radical (unpaired) electrons. The normalized spacial score (nSPS) is 13.0. The van der Waals surface area contributed by atoms with Crippen molar-refractivity contribution in [1.82, 2.24) is 5.32 Å². The van der Waals surface area contributed by atoms with Gasteiger partial charge in [0.25, 0.3) is 0 Å². The number of nitrogens with one attached hydrogen (secondary N) is 1. The molecule has 0 aliphatic carbocycles. The molecule has 1 atom stereocenters. The summed E-state index contributed by atoms with van der Waals surface area (Å²) in [6, 6.07) is 0.335. The smallest absolute Gasteiger partial charge is 0.222 e. The van der Waals surface area contributed by atoms with Gasteiger partial charge < -0.3 is 5.32 Å². The molecule has 0 aromatic carbocycles. The van der Waals surface area contributed by atoms with E-state index in [2.05, 4.69) is 19.2 Å². The Balaban J connectivity index is 3.50. The molecule has 1 N–H and O–H groups in total. The van der Waals surface area contributed by atoms with Crippen LogP contribution in [0.2, 0.25) is 0 Å². The third kappa shape index (κ3) is 6.62. The molecule has 0 spiro atoms. The zero-order valence-electron chi connectivity index (χ0n) is 9.39. The quantitative estimate of drug-likeness (QED) is 0.633. The Morgan fingerprint density at radius 1 is 1.23 bits per heavy atom. The number of amides is 1. The summed E-state index contributed by atoms with van der Waals surface area (Å²) in [4.78, 5) is 11.3. The molecule has 0 aliphatic rings. The van der Waals surface area contributed by atoms with E-state index in [4.69, 9.17) is 0 Å². The molecule has 1 unspecified atom stereocenters. The maximum atomic E-state index is 11.3. The number of carbonyl (C=O) groups excluding carboxylic acids is 1. The molecular formula is C11H23NO. The lowest BCUT2D eigenvalue weighted by molar-refractivity contribution is -0.124. The minimum absolute atomic E-state index is 0.105. The van der Waals surface area contributed by atoms with Crippen LogP contribution in [-0.2, 0) is 4.79 Å². The second kappa shape index (κ2) is 6.93. The molecule has 0 saturated carbocycles. The highest BCUT2D eigenvalue weighted by Gasteiger charge is 2.09. The first kappa shape index (κ1) is 12.5. The third-order valence-electron chi connectivity index (χ3n) is 2.15. The van der Waals surface area contributed by atoms with Crippen molar-refractivity contribution in [3.63, 3.8) is 0 Å². The van der Waals surface area contributed by atoms with Gasteiger partial charge in [0.15, 0.2) is 0 Å². The number of carbonyl (C=O) groups is 1. The topological polar surface area (TPSA) is 29.1 Å². The molecule has 0 saturated heterocycles. The standard InChI is InChI=1S/C11H23NO/c1-5-6-7-8-10(4)12-11(13)9(2)3/h9-10H,5-8H2,1-4H3,(H,12,13). The molecule has 0 heterocycles. The average Bonchev–Trinajstić information content (AvgIpc) is 2.04. The molecule has 0 fully saturated rings. The molecule has 78 valence electrons. The van der Waals surface area contributed by atoms with Gasteiger partial charge in [-0.3, -0.25) is 4.79 Å².